The van der Waals surface area contributed by atoms with Gasteiger partial charge >= 0.3 is 0 Å². The maximum Gasteiger partial charge on any atom is 0.193 e. The van der Waals surface area contributed by atoms with Crippen LogP contribution in [0.2, 0.25) is 0 Å². The van der Waals surface area contributed by atoms with Gasteiger partial charge in [-0.05, 0) is 39.8 Å². The molecule has 1 heterocycles. The molecular formula is C19H33IN4O3. The van der Waals surface area contributed by atoms with Crippen molar-refractivity contribution in [2.75, 3.05) is 51.4 Å². The molecule has 1 aromatic carbocycles. The molecule has 0 atom stereocenters. The molecule has 27 heavy (non-hydrogen) atoms. The fraction of sp³-hybridized carbons (Fsp3) is 0.632. The minimum atomic E-state index is -0.0774. The SMILES string of the molecule is CCOc1ccc(OCC)c(NC(N)=NCC(C)(C)N2CCOCC2)c1.I. The van der Waals surface area contributed by atoms with Crippen molar-refractivity contribution in [3.05, 3.63) is 18.2 Å². The summed E-state index contributed by atoms with van der Waals surface area (Å²) < 4.78 is 16.6. The number of benzene rings is 1. The van der Waals surface area contributed by atoms with Crippen LogP contribution in [0.3, 0.4) is 0 Å². The Labute approximate surface area is 179 Å². The van der Waals surface area contributed by atoms with Crippen LogP contribution in [-0.4, -0.2) is 62.5 Å². The molecule has 1 fully saturated rings. The molecule has 0 unspecified atom stereocenters. The van der Waals surface area contributed by atoms with Gasteiger partial charge in [0.2, 0.25) is 0 Å². The average Bonchev–Trinajstić information content (AvgIpc) is 2.63. The molecule has 7 nitrogen and oxygen atoms in total. The standard InChI is InChI=1S/C19H32N4O3.HI/c1-5-25-15-7-8-17(26-6-2)16(13-15)22-18(20)21-14-19(3,4)23-9-11-24-12-10-23;/h7-8,13H,5-6,9-12,14H2,1-4H3,(H3,20,21,22);1H. The molecule has 0 aliphatic carbocycles. The number of ether oxygens (including phenoxy) is 3. The molecule has 0 radical (unpaired) electrons. The van der Waals surface area contributed by atoms with Crippen molar-refractivity contribution >= 4 is 35.6 Å². The van der Waals surface area contributed by atoms with Gasteiger partial charge in [-0.3, -0.25) is 9.89 Å². The first-order valence-electron chi connectivity index (χ1n) is 9.25. The summed E-state index contributed by atoms with van der Waals surface area (Å²) in [4.78, 5) is 6.93. The third-order valence-corrected chi connectivity index (χ3v) is 4.33. The molecule has 2 rings (SSSR count). The first-order valence-corrected chi connectivity index (χ1v) is 9.25. The van der Waals surface area contributed by atoms with Gasteiger partial charge < -0.3 is 25.3 Å². The zero-order chi connectivity index (χ0) is 19.0. The Bertz CT molecular complexity index is 605. The Kier molecular flexibility index (Phi) is 10.2. The summed E-state index contributed by atoms with van der Waals surface area (Å²) in [5, 5.41) is 3.15. The summed E-state index contributed by atoms with van der Waals surface area (Å²) in [6, 6.07) is 5.64. The number of nitrogens with zero attached hydrogens (tertiary/aromatic N) is 2. The zero-order valence-corrected chi connectivity index (χ0v) is 19.1. The van der Waals surface area contributed by atoms with E-state index in [4.69, 9.17) is 19.9 Å². The van der Waals surface area contributed by atoms with Crippen LogP contribution in [0.15, 0.2) is 23.2 Å². The lowest BCUT2D eigenvalue weighted by molar-refractivity contribution is -0.00680. The highest BCUT2D eigenvalue weighted by Crippen LogP contribution is 2.29. The quantitative estimate of drug-likeness (QED) is 0.330. The van der Waals surface area contributed by atoms with Gasteiger partial charge in [-0.15, -0.1) is 24.0 Å². The summed E-state index contributed by atoms with van der Waals surface area (Å²) in [6.45, 7) is 13.4. The van der Waals surface area contributed by atoms with E-state index in [0.29, 0.717) is 25.7 Å². The van der Waals surface area contributed by atoms with Gasteiger partial charge in [0.05, 0.1) is 38.7 Å². The summed E-state index contributed by atoms with van der Waals surface area (Å²) in [7, 11) is 0. The van der Waals surface area contributed by atoms with E-state index in [1.54, 1.807) is 0 Å². The van der Waals surface area contributed by atoms with Crippen molar-refractivity contribution in [2.45, 2.75) is 33.2 Å². The molecule has 1 aliphatic rings. The van der Waals surface area contributed by atoms with Gasteiger partial charge in [-0.1, -0.05) is 0 Å². The molecule has 0 aromatic heterocycles. The summed E-state index contributed by atoms with van der Waals surface area (Å²) in [5.74, 6) is 1.85. The molecule has 1 saturated heterocycles. The van der Waals surface area contributed by atoms with Crippen LogP contribution in [0, 0.1) is 0 Å². The van der Waals surface area contributed by atoms with Crippen LogP contribution in [0.4, 0.5) is 5.69 Å². The minimum Gasteiger partial charge on any atom is -0.494 e. The van der Waals surface area contributed by atoms with E-state index in [2.05, 4.69) is 29.1 Å². The number of nitrogens with two attached hydrogens (primary N) is 1. The van der Waals surface area contributed by atoms with E-state index < -0.39 is 0 Å². The van der Waals surface area contributed by atoms with Crippen molar-refractivity contribution < 1.29 is 14.2 Å². The highest BCUT2D eigenvalue weighted by atomic mass is 127. The maximum absolute atomic E-state index is 6.13. The molecule has 1 aromatic rings. The van der Waals surface area contributed by atoms with Crippen molar-refractivity contribution in [2.24, 2.45) is 10.7 Å². The second-order valence-corrected chi connectivity index (χ2v) is 6.76. The van der Waals surface area contributed by atoms with Gasteiger partial charge in [0.15, 0.2) is 5.96 Å². The second-order valence-electron chi connectivity index (χ2n) is 6.76. The monoisotopic (exact) mass is 492 g/mol. The summed E-state index contributed by atoms with van der Waals surface area (Å²) >= 11 is 0. The number of aliphatic imine (C=N–C) groups is 1. The van der Waals surface area contributed by atoms with E-state index in [9.17, 15) is 0 Å². The van der Waals surface area contributed by atoms with Crippen LogP contribution in [-0.2, 0) is 4.74 Å². The Morgan fingerprint density at radius 1 is 1.22 bits per heavy atom. The van der Waals surface area contributed by atoms with Crippen LogP contribution in [0.1, 0.15) is 27.7 Å². The average molecular weight is 492 g/mol. The topological polar surface area (TPSA) is 81.3 Å². The van der Waals surface area contributed by atoms with Crippen LogP contribution in [0.25, 0.3) is 0 Å². The van der Waals surface area contributed by atoms with Crippen LogP contribution in [0.5, 0.6) is 11.5 Å². The molecule has 0 spiro atoms. The molecular weight excluding hydrogens is 459 g/mol. The number of rotatable bonds is 8. The number of hydrogen-bond acceptors (Lipinski definition) is 5. The van der Waals surface area contributed by atoms with Crippen molar-refractivity contribution in [3.8, 4) is 11.5 Å². The van der Waals surface area contributed by atoms with Crippen LogP contribution >= 0.6 is 24.0 Å². The van der Waals surface area contributed by atoms with Crippen molar-refractivity contribution in [1.82, 2.24) is 4.90 Å². The number of anilines is 1. The van der Waals surface area contributed by atoms with Gasteiger partial charge in [-0.25, -0.2) is 0 Å². The molecule has 8 heteroatoms. The second kappa shape index (κ2) is 11.6. The van der Waals surface area contributed by atoms with Gasteiger partial charge in [0, 0.05) is 24.7 Å². The minimum absolute atomic E-state index is 0. The zero-order valence-electron chi connectivity index (χ0n) is 16.8. The van der Waals surface area contributed by atoms with Crippen molar-refractivity contribution in [3.63, 3.8) is 0 Å². The largest absolute Gasteiger partial charge is 0.494 e. The molecule has 1 aliphatic heterocycles. The normalized spacial score (nSPS) is 15.8. The highest BCUT2D eigenvalue weighted by Gasteiger charge is 2.28. The van der Waals surface area contributed by atoms with E-state index >= 15 is 0 Å². The Hall–Kier alpha value is -1.26. The molecule has 3 N–H and O–H groups in total. The van der Waals surface area contributed by atoms with Crippen molar-refractivity contribution in [1.29, 1.82) is 0 Å². The van der Waals surface area contributed by atoms with Gasteiger partial charge in [0.1, 0.15) is 11.5 Å². The van der Waals surface area contributed by atoms with E-state index in [0.717, 1.165) is 43.5 Å². The van der Waals surface area contributed by atoms with E-state index in [-0.39, 0.29) is 29.5 Å². The van der Waals surface area contributed by atoms with E-state index in [1.165, 1.54) is 0 Å². The van der Waals surface area contributed by atoms with Gasteiger partial charge in [0.25, 0.3) is 0 Å². The number of halogens is 1. The fourth-order valence-corrected chi connectivity index (χ4v) is 2.87. The van der Waals surface area contributed by atoms with E-state index in [1.807, 2.05) is 32.0 Å². The number of nitrogens with one attached hydrogen (secondary N) is 1. The first-order chi connectivity index (χ1) is 12.5. The molecule has 0 saturated carbocycles. The highest BCUT2D eigenvalue weighted by molar-refractivity contribution is 14.0. The number of morpholine rings is 1. The number of hydrogen-bond donors (Lipinski definition) is 2. The third kappa shape index (κ3) is 7.34. The van der Waals surface area contributed by atoms with Gasteiger partial charge in [-0.2, -0.15) is 0 Å². The Morgan fingerprint density at radius 3 is 2.52 bits per heavy atom. The smallest absolute Gasteiger partial charge is 0.193 e. The third-order valence-electron chi connectivity index (χ3n) is 4.33. The summed E-state index contributed by atoms with van der Waals surface area (Å²) in [5.41, 5.74) is 6.81. The predicted octanol–water partition coefficient (Wildman–Crippen LogP) is 2.94. The first kappa shape index (κ1) is 23.8. The number of guanidine groups is 1. The maximum atomic E-state index is 6.13. The fourth-order valence-electron chi connectivity index (χ4n) is 2.87. The molecule has 0 bridgehead atoms. The lowest BCUT2D eigenvalue weighted by atomic mass is 10.0. The predicted molar refractivity (Wildman–Crippen MR) is 121 cm³/mol. The Balaban J connectivity index is 0.00000364. The lowest BCUT2D eigenvalue weighted by Gasteiger charge is -2.39. The lowest BCUT2D eigenvalue weighted by Crippen LogP contribution is -2.51. The molecule has 0 amide bonds. The summed E-state index contributed by atoms with van der Waals surface area (Å²) in [6.07, 6.45) is 0. The Morgan fingerprint density at radius 2 is 1.89 bits per heavy atom. The van der Waals surface area contributed by atoms with Crippen LogP contribution < -0.4 is 20.5 Å². The molecule has 154 valence electrons.